The monoisotopic (exact) mass is 341 g/mol. The van der Waals surface area contributed by atoms with Gasteiger partial charge in [0.15, 0.2) is 0 Å². The second kappa shape index (κ2) is 6.49. The summed E-state index contributed by atoms with van der Waals surface area (Å²) in [5.41, 5.74) is 1.34. The first-order chi connectivity index (χ1) is 11.5. The third kappa shape index (κ3) is 3.19. The molecule has 2 aromatic rings. The van der Waals surface area contributed by atoms with Gasteiger partial charge in [-0.1, -0.05) is 18.2 Å². The molecular weight excluding hydrogens is 326 g/mol. The van der Waals surface area contributed by atoms with Crippen LogP contribution in [-0.4, -0.2) is 24.0 Å². The highest BCUT2D eigenvalue weighted by molar-refractivity contribution is 8.18. The quantitative estimate of drug-likeness (QED) is 0.862. The molecule has 2 aromatic carbocycles. The molecule has 0 radical (unpaired) electrons. The SMILES string of the molecule is COc1ccc2cc(/C(CC(C)=O)=C3\SC(=O)NC3=O)ccc2c1. The van der Waals surface area contributed by atoms with Gasteiger partial charge in [-0.25, -0.2) is 0 Å². The van der Waals surface area contributed by atoms with Crippen LogP contribution in [0.3, 0.4) is 0 Å². The molecule has 0 aromatic heterocycles. The molecule has 0 aliphatic carbocycles. The van der Waals surface area contributed by atoms with Crippen molar-refractivity contribution >= 4 is 45.0 Å². The van der Waals surface area contributed by atoms with Crippen molar-refractivity contribution in [1.29, 1.82) is 0 Å². The molecule has 1 aliphatic heterocycles. The van der Waals surface area contributed by atoms with E-state index in [1.165, 1.54) is 6.92 Å². The van der Waals surface area contributed by atoms with Crippen molar-refractivity contribution in [3.63, 3.8) is 0 Å². The molecule has 1 saturated heterocycles. The summed E-state index contributed by atoms with van der Waals surface area (Å²) in [6, 6.07) is 11.4. The second-order valence-electron chi connectivity index (χ2n) is 5.46. The second-order valence-corrected chi connectivity index (χ2v) is 6.44. The van der Waals surface area contributed by atoms with Gasteiger partial charge in [0.2, 0.25) is 0 Å². The first kappa shape index (κ1) is 16.3. The first-order valence-electron chi connectivity index (χ1n) is 7.32. The zero-order valence-corrected chi connectivity index (χ0v) is 14.0. The van der Waals surface area contributed by atoms with Gasteiger partial charge >= 0.3 is 0 Å². The third-order valence-electron chi connectivity index (χ3n) is 3.71. The Morgan fingerprint density at radius 3 is 2.46 bits per heavy atom. The Morgan fingerprint density at radius 2 is 1.83 bits per heavy atom. The molecule has 0 bridgehead atoms. The smallest absolute Gasteiger partial charge is 0.290 e. The lowest BCUT2D eigenvalue weighted by Crippen LogP contribution is -2.18. The number of amides is 2. The zero-order chi connectivity index (χ0) is 17.3. The lowest BCUT2D eigenvalue weighted by Gasteiger charge is -2.10. The van der Waals surface area contributed by atoms with Crippen LogP contribution in [0.1, 0.15) is 18.9 Å². The number of thioether (sulfide) groups is 1. The number of rotatable bonds is 4. The van der Waals surface area contributed by atoms with E-state index >= 15 is 0 Å². The topological polar surface area (TPSA) is 72.5 Å². The van der Waals surface area contributed by atoms with Gasteiger partial charge in [0.1, 0.15) is 11.5 Å². The van der Waals surface area contributed by atoms with E-state index in [0.29, 0.717) is 10.5 Å². The van der Waals surface area contributed by atoms with Crippen LogP contribution in [0.4, 0.5) is 4.79 Å². The van der Waals surface area contributed by atoms with Crippen LogP contribution in [0, 0.1) is 0 Å². The minimum atomic E-state index is -0.448. The molecule has 1 heterocycles. The first-order valence-corrected chi connectivity index (χ1v) is 8.13. The summed E-state index contributed by atoms with van der Waals surface area (Å²) >= 11 is 0.838. The number of allylic oxidation sites excluding steroid dienone is 1. The molecule has 122 valence electrons. The number of ketones is 1. The fourth-order valence-corrected chi connectivity index (χ4v) is 3.40. The number of ether oxygens (including phenoxy) is 1. The Morgan fingerprint density at radius 1 is 1.12 bits per heavy atom. The molecule has 24 heavy (non-hydrogen) atoms. The maximum Gasteiger partial charge on any atom is 0.290 e. The maximum atomic E-state index is 12.0. The Labute approximate surface area is 143 Å². The number of hydrogen-bond donors (Lipinski definition) is 1. The van der Waals surface area contributed by atoms with Crippen molar-refractivity contribution in [3.05, 3.63) is 46.9 Å². The molecule has 2 amide bonds. The Hall–Kier alpha value is -2.60. The molecule has 5 nitrogen and oxygen atoms in total. The number of imide groups is 1. The van der Waals surface area contributed by atoms with Crippen LogP contribution >= 0.6 is 11.8 Å². The summed E-state index contributed by atoms with van der Waals surface area (Å²) in [4.78, 5) is 35.4. The molecule has 0 atom stereocenters. The average Bonchev–Trinajstić information content (AvgIpc) is 2.89. The number of nitrogens with one attached hydrogen (secondary N) is 1. The Kier molecular flexibility index (Phi) is 4.40. The standard InChI is InChI=1S/C18H15NO4S/c1-10(20)7-15(16-17(21)19-18(22)24-16)13-4-3-12-9-14(23-2)6-5-11(12)8-13/h3-6,8-9H,7H2,1-2H3,(H,19,21,22)/b16-15-. The number of methoxy groups -OCH3 is 1. The summed E-state index contributed by atoms with van der Waals surface area (Å²) in [5, 5.41) is 3.78. The number of carbonyl (C=O) groups is 3. The van der Waals surface area contributed by atoms with Crippen molar-refractivity contribution in [1.82, 2.24) is 5.32 Å². The van der Waals surface area contributed by atoms with Crippen LogP contribution in [0.15, 0.2) is 41.3 Å². The molecule has 3 rings (SSSR count). The van der Waals surface area contributed by atoms with Gasteiger partial charge in [-0.2, -0.15) is 0 Å². The van der Waals surface area contributed by atoms with Crippen LogP contribution in [0.5, 0.6) is 5.75 Å². The van der Waals surface area contributed by atoms with Gasteiger partial charge in [0, 0.05) is 6.42 Å². The van der Waals surface area contributed by atoms with E-state index in [1.54, 1.807) is 7.11 Å². The summed E-state index contributed by atoms with van der Waals surface area (Å²) in [6.45, 7) is 1.46. The number of Topliss-reactive ketones (excluding diaryl/α,β-unsaturated/α-hetero) is 1. The van der Waals surface area contributed by atoms with Crippen LogP contribution < -0.4 is 10.1 Å². The predicted octanol–water partition coefficient (Wildman–Crippen LogP) is 3.52. The number of hydrogen-bond acceptors (Lipinski definition) is 5. The van der Waals surface area contributed by atoms with E-state index < -0.39 is 11.1 Å². The summed E-state index contributed by atoms with van der Waals surface area (Å²) in [7, 11) is 1.61. The van der Waals surface area contributed by atoms with E-state index in [9.17, 15) is 14.4 Å². The fourth-order valence-electron chi connectivity index (χ4n) is 2.61. The highest BCUT2D eigenvalue weighted by atomic mass is 32.2. The summed E-state index contributed by atoms with van der Waals surface area (Å²) in [5.74, 6) is 0.241. The number of benzene rings is 2. The zero-order valence-electron chi connectivity index (χ0n) is 13.2. The molecule has 1 aliphatic rings. The van der Waals surface area contributed by atoms with E-state index in [-0.39, 0.29) is 12.2 Å². The summed E-state index contributed by atoms with van der Waals surface area (Å²) in [6.07, 6.45) is 0.102. The highest BCUT2D eigenvalue weighted by Crippen LogP contribution is 2.35. The fraction of sp³-hybridized carbons (Fsp3) is 0.167. The van der Waals surface area contributed by atoms with Gasteiger partial charge < -0.3 is 4.74 Å². The van der Waals surface area contributed by atoms with Gasteiger partial charge in [-0.05, 0) is 58.8 Å². The van der Waals surface area contributed by atoms with Gasteiger partial charge in [0.05, 0.1) is 12.0 Å². The van der Waals surface area contributed by atoms with Crippen molar-refractivity contribution in [2.45, 2.75) is 13.3 Å². The third-order valence-corrected chi connectivity index (χ3v) is 4.64. The molecule has 0 spiro atoms. The molecule has 0 saturated carbocycles. The van der Waals surface area contributed by atoms with Gasteiger partial charge in [0.25, 0.3) is 11.1 Å². The molecule has 1 fully saturated rings. The average molecular weight is 341 g/mol. The van der Waals surface area contributed by atoms with E-state index in [0.717, 1.165) is 33.8 Å². The minimum Gasteiger partial charge on any atom is -0.497 e. The predicted molar refractivity (Wildman–Crippen MR) is 93.8 cm³/mol. The van der Waals surface area contributed by atoms with Crippen molar-refractivity contribution in [2.24, 2.45) is 0 Å². The highest BCUT2D eigenvalue weighted by Gasteiger charge is 2.29. The van der Waals surface area contributed by atoms with E-state index in [4.69, 9.17) is 4.74 Å². The largest absolute Gasteiger partial charge is 0.497 e. The summed E-state index contributed by atoms with van der Waals surface area (Å²) < 4.78 is 5.21. The lowest BCUT2D eigenvalue weighted by atomic mass is 9.97. The molecule has 1 N–H and O–H groups in total. The Bertz CT molecular complexity index is 901. The number of fused-ring (bicyclic) bond motifs is 1. The number of carbonyl (C=O) groups excluding carboxylic acids is 3. The van der Waals surface area contributed by atoms with Crippen molar-refractivity contribution < 1.29 is 19.1 Å². The molecule has 0 unspecified atom stereocenters. The molecule has 6 heteroatoms. The van der Waals surface area contributed by atoms with Crippen LogP contribution in [0.2, 0.25) is 0 Å². The van der Waals surface area contributed by atoms with Gasteiger partial charge in [-0.3, -0.25) is 19.7 Å². The van der Waals surface area contributed by atoms with E-state index in [1.807, 2.05) is 36.4 Å². The van der Waals surface area contributed by atoms with Crippen LogP contribution in [-0.2, 0) is 9.59 Å². The van der Waals surface area contributed by atoms with Crippen molar-refractivity contribution in [3.8, 4) is 5.75 Å². The van der Waals surface area contributed by atoms with Gasteiger partial charge in [-0.15, -0.1) is 0 Å². The van der Waals surface area contributed by atoms with Crippen LogP contribution in [0.25, 0.3) is 16.3 Å². The Balaban J connectivity index is 2.13. The maximum absolute atomic E-state index is 12.0. The normalized spacial score (nSPS) is 16.2. The lowest BCUT2D eigenvalue weighted by molar-refractivity contribution is -0.116. The van der Waals surface area contributed by atoms with E-state index in [2.05, 4.69) is 5.32 Å². The minimum absolute atomic E-state index is 0.0694. The van der Waals surface area contributed by atoms with Crippen molar-refractivity contribution in [2.75, 3.05) is 7.11 Å². The molecular formula is C18H15NO4S.